The molecule has 1 spiro atoms. The fraction of sp³-hybridized carbons (Fsp3) is 0.643. The van der Waals surface area contributed by atoms with Gasteiger partial charge >= 0.3 is 0 Å². The minimum Gasteiger partial charge on any atom is -0.438 e. The van der Waals surface area contributed by atoms with Gasteiger partial charge in [-0.15, -0.1) is 0 Å². The molecule has 3 heteroatoms. The molecule has 2 fully saturated rings. The first-order valence-corrected chi connectivity index (χ1v) is 6.61. The van der Waals surface area contributed by atoms with Gasteiger partial charge in [0.25, 0.3) is 0 Å². The van der Waals surface area contributed by atoms with Crippen molar-refractivity contribution < 1.29 is 9.21 Å². The highest BCUT2D eigenvalue weighted by atomic mass is 16.4. The third-order valence-electron chi connectivity index (χ3n) is 4.53. The number of carbonyl (C=O) groups excluding carboxylic acids is 1. The van der Waals surface area contributed by atoms with Gasteiger partial charge in [0.1, 0.15) is 0 Å². The van der Waals surface area contributed by atoms with E-state index in [1.165, 1.54) is 38.5 Å². The van der Waals surface area contributed by atoms with Crippen LogP contribution in [0.3, 0.4) is 0 Å². The van der Waals surface area contributed by atoms with Crippen LogP contribution in [-0.2, 0) is 0 Å². The van der Waals surface area contributed by atoms with E-state index in [-0.39, 0.29) is 0 Å². The summed E-state index contributed by atoms with van der Waals surface area (Å²) < 4.78 is 5.48. The largest absolute Gasteiger partial charge is 0.438 e. The number of nitrogens with zero attached hydrogens (tertiary/aromatic N) is 1. The molecule has 92 valence electrons. The number of hydrogen-bond acceptors (Lipinski definition) is 3. The molecule has 1 saturated carbocycles. The Kier molecular flexibility index (Phi) is 2.69. The molecule has 0 amide bonds. The van der Waals surface area contributed by atoms with Gasteiger partial charge in [-0.2, -0.15) is 0 Å². The topological polar surface area (TPSA) is 33.5 Å². The van der Waals surface area contributed by atoms with Gasteiger partial charge in [0.05, 0.1) is 0 Å². The lowest BCUT2D eigenvalue weighted by atomic mass is 9.77. The monoisotopic (exact) mass is 233 g/mol. The third-order valence-corrected chi connectivity index (χ3v) is 4.53. The summed E-state index contributed by atoms with van der Waals surface area (Å²) >= 11 is 0. The number of piperidine rings is 1. The van der Waals surface area contributed by atoms with Crippen molar-refractivity contribution in [2.75, 3.05) is 18.0 Å². The van der Waals surface area contributed by atoms with Crippen LogP contribution in [0.1, 0.15) is 49.1 Å². The highest BCUT2D eigenvalue weighted by molar-refractivity contribution is 5.71. The molecule has 0 unspecified atom stereocenters. The van der Waals surface area contributed by atoms with E-state index in [0.717, 1.165) is 25.3 Å². The molecule has 0 atom stereocenters. The molecule has 1 aliphatic heterocycles. The molecule has 0 bridgehead atoms. The standard InChI is InChI=1S/C14H19NO2/c16-11-12-3-4-13(17-12)15-9-7-14(8-10-15)5-1-2-6-14/h3-4,11H,1-2,5-10H2. The summed E-state index contributed by atoms with van der Waals surface area (Å²) in [5, 5.41) is 0. The molecule has 0 radical (unpaired) electrons. The SMILES string of the molecule is O=Cc1ccc(N2CCC3(CCCC3)CC2)o1. The Morgan fingerprint density at radius 3 is 2.41 bits per heavy atom. The van der Waals surface area contributed by atoms with Crippen molar-refractivity contribution in [2.24, 2.45) is 5.41 Å². The smallest absolute Gasteiger partial charge is 0.196 e. The van der Waals surface area contributed by atoms with Crippen LogP contribution in [0, 0.1) is 5.41 Å². The Morgan fingerprint density at radius 2 is 1.82 bits per heavy atom. The number of hydrogen-bond donors (Lipinski definition) is 0. The molecule has 0 N–H and O–H groups in total. The maximum Gasteiger partial charge on any atom is 0.196 e. The van der Waals surface area contributed by atoms with E-state index < -0.39 is 0 Å². The molecule has 2 heterocycles. The van der Waals surface area contributed by atoms with Crippen LogP contribution < -0.4 is 4.90 Å². The zero-order valence-electron chi connectivity index (χ0n) is 10.2. The second-order valence-corrected chi connectivity index (χ2v) is 5.49. The predicted octanol–water partition coefficient (Wildman–Crippen LogP) is 3.25. The van der Waals surface area contributed by atoms with E-state index >= 15 is 0 Å². The minimum atomic E-state index is 0.432. The van der Waals surface area contributed by atoms with Crippen molar-refractivity contribution in [3.8, 4) is 0 Å². The summed E-state index contributed by atoms with van der Waals surface area (Å²) in [6.07, 6.45) is 8.99. The zero-order chi connectivity index (χ0) is 11.7. The molecule has 0 aromatic carbocycles. The van der Waals surface area contributed by atoms with Crippen molar-refractivity contribution in [3.05, 3.63) is 17.9 Å². The Balaban J connectivity index is 1.66. The summed E-state index contributed by atoms with van der Waals surface area (Å²) in [5.74, 6) is 1.29. The van der Waals surface area contributed by atoms with Crippen LogP contribution in [0.25, 0.3) is 0 Å². The van der Waals surface area contributed by atoms with Gasteiger partial charge in [0.15, 0.2) is 17.9 Å². The highest BCUT2D eigenvalue weighted by Crippen LogP contribution is 2.46. The third kappa shape index (κ3) is 1.99. The zero-order valence-corrected chi connectivity index (χ0v) is 10.2. The van der Waals surface area contributed by atoms with E-state index in [4.69, 9.17) is 4.42 Å². The summed E-state index contributed by atoms with van der Waals surface area (Å²) in [5.41, 5.74) is 0.635. The van der Waals surface area contributed by atoms with Crippen LogP contribution >= 0.6 is 0 Å². The molecule has 3 rings (SSSR count). The van der Waals surface area contributed by atoms with Gasteiger partial charge in [-0.3, -0.25) is 4.79 Å². The lowest BCUT2D eigenvalue weighted by molar-refractivity contribution is 0.110. The first-order chi connectivity index (χ1) is 8.31. The number of carbonyl (C=O) groups is 1. The Hall–Kier alpha value is -1.25. The second-order valence-electron chi connectivity index (χ2n) is 5.49. The van der Waals surface area contributed by atoms with Crippen molar-refractivity contribution in [1.82, 2.24) is 0 Å². The summed E-state index contributed by atoms with van der Waals surface area (Å²) in [4.78, 5) is 12.9. The average Bonchev–Trinajstić information content (AvgIpc) is 3.00. The van der Waals surface area contributed by atoms with E-state index in [0.29, 0.717) is 11.2 Å². The molecule has 1 aromatic heterocycles. The van der Waals surface area contributed by atoms with Crippen molar-refractivity contribution in [2.45, 2.75) is 38.5 Å². The first-order valence-electron chi connectivity index (χ1n) is 6.61. The Bertz CT molecular complexity index is 394. The van der Waals surface area contributed by atoms with Gasteiger partial charge in [0, 0.05) is 19.2 Å². The number of anilines is 1. The van der Waals surface area contributed by atoms with E-state index in [2.05, 4.69) is 4.90 Å². The van der Waals surface area contributed by atoms with Crippen molar-refractivity contribution in [3.63, 3.8) is 0 Å². The molecule has 17 heavy (non-hydrogen) atoms. The summed E-state index contributed by atoms with van der Waals surface area (Å²) in [6, 6.07) is 3.67. The average molecular weight is 233 g/mol. The molecule has 1 saturated heterocycles. The van der Waals surface area contributed by atoms with Crippen molar-refractivity contribution >= 4 is 12.2 Å². The van der Waals surface area contributed by atoms with Gasteiger partial charge in [-0.05, 0) is 37.2 Å². The fourth-order valence-corrected chi connectivity index (χ4v) is 3.40. The minimum absolute atomic E-state index is 0.432. The lowest BCUT2D eigenvalue weighted by Crippen LogP contribution is -2.38. The number of aldehydes is 1. The van der Waals surface area contributed by atoms with Crippen molar-refractivity contribution in [1.29, 1.82) is 0 Å². The van der Waals surface area contributed by atoms with Crippen LogP contribution in [-0.4, -0.2) is 19.4 Å². The normalized spacial score (nSPS) is 23.2. The van der Waals surface area contributed by atoms with Crippen LogP contribution in [0.2, 0.25) is 0 Å². The predicted molar refractivity (Wildman–Crippen MR) is 66.4 cm³/mol. The lowest BCUT2D eigenvalue weighted by Gasteiger charge is -2.39. The quantitative estimate of drug-likeness (QED) is 0.735. The molecular weight excluding hydrogens is 214 g/mol. The number of furan rings is 1. The van der Waals surface area contributed by atoms with Gasteiger partial charge < -0.3 is 9.32 Å². The van der Waals surface area contributed by atoms with E-state index in [1.54, 1.807) is 6.07 Å². The Morgan fingerprint density at radius 1 is 1.12 bits per heavy atom. The summed E-state index contributed by atoms with van der Waals surface area (Å²) in [7, 11) is 0. The molecule has 1 aromatic rings. The first kappa shape index (κ1) is 10.9. The highest BCUT2D eigenvalue weighted by Gasteiger charge is 2.37. The van der Waals surface area contributed by atoms with E-state index in [9.17, 15) is 4.79 Å². The number of rotatable bonds is 2. The van der Waals surface area contributed by atoms with Gasteiger partial charge in [0.2, 0.25) is 0 Å². The van der Waals surface area contributed by atoms with Crippen LogP contribution in [0.15, 0.2) is 16.5 Å². The molecule has 1 aliphatic carbocycles. The second kappa shape index (κ2) is 4.21. The van der Waals surface area contributed by atoms with Gasteiger partial charge in [-0.1, -0.05) is 12.8 Å². The maximum atomic E-state index is 10.6. The van der Waals surface area contributed by atoms with Crippen LogP contribution in [0.5, 0.6) is 0 Å². The Labute approximate surface area is 102 Å². The molecule has 2 aliphatic rings. The fourth-order valence-electron chi connectivity index (χ4n) is 3.40. The maximum absolute atomic E-state index is 10.6. The molecule has 3 nitrogen and oxygen atoms in total. The molecular formula is C14H19NO2. The van der Waals surface area contributed by atoms with E-state index in [1.807, 2.05) is 6.07 Å². The summed E-state index contributed by atoms with van der Waals surface area (Å²) in [6.45, 7) is 2.15. The van der Waals surface area contributed by atoms with Crippen LogP contribution in [0.4, 0.5) is 5.88 Å². The van der Waals surface area contributed by atoms with Gasteiger partial charge in [-0.25, -0.2) is 0 Å².